The second-order valence-electron chi connectivity index (χ2n) is 7.31. The van der Waals surface area contributed by atoms with Crippen molar-refractivity contribution in [3.63, 3.8) is 0 Å². The van der Waals surface area contributed by atoms with E-state index in [1.54, 1.807) is 12.1 Å². The Labute approximate surface area is 183 Å². The van der Waals surface area contributed by atoms with E-state index in [2.05, 4.69) is 5.10 Å². The minimum atomic E-state index is -3.40. The summed E-state index contributed by atoms with van der Waals surface area (Å²) in [5, 5.41) is 4.27. The molecule has 4 rings (SSSR count). The standard InChI is InChI=1S/C24H18F2N2O3S/c1-32(30,31)19-10-7-17(8-11-19)20-14-27-28(15-16-5-3-2-4-6-16)24(29)23(20)18-9-12-21(25)22(26)13-18/h2-14H,15H2,1H3. The second kappa shape index (κ2) is 8.47. The normalized spacial score (nSPS) is 11.5. The highest BCUT2D eigenvalue weighted by molar-refractivity contribution is 7.90. The van der Waals surface area contributed by atoms with Crippen molar-refractivity contribution in [3.05, 3.63) is 107 Å². The van der Waals surface area contributed by atoms with Crippen molar-refractivity contribution < 1.29 is 17.2 Å². The van der Waals surface area contributed by atoms with Crippen molar-refractivity contribution in [1.29, 1.82) is 0 Å². The van der Waals surface area contributed by atoms with Crippen LogP contribution >= 0.6 is 0 Å². The lowest BCUT2D eigenvalue weighted by Gasteiger charge is -2.13. The Kier molecular flexibility index (Phi) is 5.71. The summed E-state index contributed by atoms with van der Waals surface area (Å²) >= 11 is 0. The summed E-state index contributed by atoms with van der Waals surface area (Å²) in [7, 11) is -3.40. The lowest BCUT2D eigenvalue weighted by molar-refractivity contribution is 0.509. The van der Waals surface area contributed by atoms with E-state index in [0.29, 0.717) is 11.1 Å². The average molecular weight is 452 g/mol. The van der Waals surface area contributed by atoms with E-state index >= 15 is 0 Å². The van der Waals surface area contributed by atoms with Gasteiger partial charge < -0.3 is 0 Å². The van der Waals surface area contributed by atoms with Crippen LogP contribution in [0.5, 0.6) is 0 Å². The van der Waals surface area contributed by atoms with Gasteiger partial charge in [0.05, 0.1) is 23.2 Å². The molecule has 0 aliphatic heterocycles. The van der Waals surface area contributed by atoms with Crippen molar-refractivity contribution in [2.45, 2.75) is 11.4 Å². The van der Waals surface area contributed by atoms with E-state index in [4.69, 9.17) is 0 Å². The molecule has 0 atom stereocenters. The Morgan fingerprint density at radius 3 is 2.16 bits per heavy atom. The van der Waals surface area contributed by atoms with Gasteiger partial charge >= 0.3 is 0 Å². The number of sulfone groups is 1. The summed E-state index contributed by atoms with van der Waals surface area (Å²) in [6, 6.07) is 18.5. The lowest BCUT2D eigenvalue weighted by Crippen LogP contribution is -2.25. The van der Waals surface area contributed by atoms with Gasteiger partial charge in [-0.15, -0.1) is 0 Å². The van der Waals surface area contributed by atoms with Crippen LogP contribution in [-0.4, -0.2) is 24.5 Å². The number of benzene rings is 3. The fourth-order valence-corrected chi connectivity index (χ4v) is 4.02. The first-order valence-corrected chi connectivity index (χ1v) is 11.5. The summed E-state index contributed by atoms with van der Waals surface area (Å²) in [5.41, 5.74) is 1.61. The zero-order valence-electron chi connectivity index (χ0n) is 17.0. The molecule has 0 fully saturated rings. The van der Waals surface area contributed by atoms with Gasteiger partial charge in [0.15, 0.2) is 21.5 Å². The van der Waals surface area contributed by atoms with Crippen LogP contribution in [0.15, 0.2) is 88.7 Å². The molecule has 3 aromatic carbocycles. The first-order chi connectivity index (χ1) is 15.2. The van der Waals surface area contributed by atoms with Gasteiger partial charge in [-0.25, -0.2) is 21.9 Å². The highest BCUT2D eigenvalue weighted by Gasteiger charge is 2.18. The molecule has 0 N–H and O–H groups in total. The van der Waals surface area contributed by atoms with E-state index in [9.17, 15) is 22.0 Å². The number of rotatable bonds is 5. The van der Waals surface area contributed by atoms with Crippen LogP contribution in [0.4, 0.5) is 8.78 Å². The fourth-order valence-electron chi connectivity index (χ4n) is 3.39. The Bertz CT molecular complexity index is 1450. The maximum atomic E-state index is 14.0. The zero-order chi connectivity index (χ0) is 22.9. The van der Waals surface area contributed by atoms with Crippen LogP contribution in [0.25, 0.3) is 22.3 Å². The van der Waals surface area contributed by atoms with Crippen LogP contribution < -0.4 is 5.56 Å². The maximum Gasteiger partial charge on any atom is 0.275 e. The van der Waals surface area contributed by atoms with Crippen molar-refractivity contribution in [2.24, 2.45) is 0 Å². The number of halogens is 2. The third-order valence-electron chi connectivity index (χ3n) is 5.02. The molecule has 0 unspecified atom stereocenters. The topological polar surface area (TPSA) is 69.0 Å². The van der Waals surface area contributed by atoms with E-state index in [1.165, 1.54) is 29.1 Å². The van der Waals surface area contributed by atoms with Crippen LogP contribution in [0.3, 0.4) is 0 Å². The summed E-state index contributed by atoms with van der Waals surface area (Å²) in [5.74, 6) is -2.10. The number of aromatic nitrogens is 2. The maximum absolute atomic E-state index is 14.0. The quantitative estimate of drug-likeness (QED) is 0.453. The third kappa shape index (κ3) is 4.36. The molecule has 5 nitrogen and oxygen atoms in total. The van der Waals surface area contributed by atoms with Gasteiger partial charge in [0.2, 0.25) is 0 Å². The summed E-state index contributed by atoms with van der Waals surface area (Å²) in [6.07, 6.45) is 2.57. The van der Waals surface area contributed by atoms with Crippen molar-refractivity contribution >= 4 is 9.84 Å². The Morgan fingerprint density at radius 1 is 0.875 bits per heavy atom. The monoisotopic (exact) mass is 452 g/mol. The fraction of sp³-hybridized carbons (Fsp3) is 0.0833. The van der Waals surface area contributed by atoms with Gasteiger partial charge in [0.1, 0.15) is 0 Å². The molecule has 162 valence electrons. The molecular weight excluding hydrogens is 434 g/mol. The summed E-state index contributed by atoms with van der Waals surface area (Å²) < 4.78 is 52.3. The van der Waals surface area contributed by atoms with Gasteiger partial charge in [-0.05, 0) is 41.0 Å². The molecule has 0 radical (unpaired) electrons. The highest BCUT2D eigenvalue weighted by atomic mass is 32.2. The molecule has 4 aromatic rings. The van der Waals surface area contributed by atoms with Gasteiger partial charge in [-0.2, -0.15) is 5.10 Å². The average Bonchev–Trinajstić information content (AvgIpc) is 2.77. The van der Waals surface area contributed by atoms with Crippen LogP contribution in [0.1, 0.15) is 5.56 Å². The van der Waals surface area contributed by atoms with Gasteiger partial charge in [0, 0.05) is 11.8 Å². The third-order valence-corrected chi connectivity index (χ3v) is 6.15. The zero-order valence-corrected chi connectivity index (χ0v) is 17.8. The summed E-state index contributed by atoms with van der Waals surface area (Å²) in [4.78, 5) is 13.5. The van der Waals surface area contributed by atoms with E-state index in [-0.39, 0.29) is 22.6 Å². The van der Waals surface area contributed by atoms with Crippen molar-refractivity contribution in [2.75, 3.05) is 6.26 Å². The first kappa shape index (κ1) is 21.6. The van der Waals surface area contributed by atoms with E-state index in [1.807, 2.05) is 30.3 Å². The van der Waals surface area contributed by atoms with Gasteiger partial charge in [-0.1, -0.05) is 48.5 Å². The number of hydrogen-bond acceptors (Lipinski definition) is 4. The smallest absolute Gasteiger partial charge is 0.267 e. The predicted octanol–water partition coefficient (Wildman–Crippen LogP) is 4.31. The number of nitrogens with zero attached hydrogens (tertiary/aromatic N) is 2. The predicted molar refractivity (Wildman–Crippen MR) is 118 cm³/mol. The van der Waals surface area contributed by atoms with Crippen molar-refractivity contribution in [3.8, 4) is 22.3 Å². The minimum Gasteiger partial charge on any atom is -0.267 e. The van der Waals surface area contributed by atoms with Gasteiger partial charge in [0.25, 0.3) is 5.56 Å². The number of hydrogen-bond donors (Lipinski definition) is 0. The molecule has 1 heterocycles. The SMILES string of the molecule is CS(=O)(=O)c1ccc(-c2cnn(Cc3ccccc3)c(=O)c2-c2ccc(F)c(F)c2)cc1. The van der Waals surface area contributed by atoms with E-state index < -0.39 is 27.0 Å². The molecule has 8 heteroatoms. The van der Waals surface area contributed by atoms with Gasteiger partial charge in [-0.3, -0.25) is 4.79 Å². The van der Waals surface area contributed by atoms with Crippen molar-refractivity contribution in [1.82, 2.24) is 9.78 Å². The Hall–Kier alpha value is -3.65. The molecular formula is C24H18F2N2O3S. The lowest BCUT2D eigenvalue weighted by atomic mass is 9.97. The first-order valence-electron chi connectivity index (χ1n) is 9.64. The van der Waals surface area contributed by atoms with Crippen LogP contribution in [0.2, 0.25) is 0 Å². The molecule has 0 saturated carbocycles. The Morgan fingerprint density at radius 2 is 1.53 bits per heavy atom. The minimum absolute atomic E-state index is 0.126. The largest absolute Gasteiger partial charge is 0.275 e. The molecule has 0 saturated heterocycles. The molecule has 0 amide bonds. The highest BCUT2D eigenvalue weighted by Crippen LogP contribution is 2.30. The second-order valence-corrected chi connectivity index (χ2v) is 9.32. The molecule has 0 bridgehead atoms. The van der Waals surface area contributed by atoms with E-state index in [0.717, 1.165) is 24.0 Å². The molecule has 0 aliphatic carbocycles. The Balaban J connectivity index is 1.90. The van der Waals surface area contributed by atoms with Crippen LogP contribution in [-0.2, 0) is 16.4 Å². The molecule has 0 spiro atoms. The summed E-state index contributed by atoms with van der Waals surface area (Å²) in [6.45, 7) is 0.198. The molecule has 0 aliphatic rings. The molecule has 32 heavy (non-hydrogen) atoms. The molecule has 1 aromatic heterocycles. The van der Waals surface area contributed by atoms with Crippen LogP contribution in [0, 0.1) is 11.6 Å².